The van der Waals surface area contributed by atoms with Crippen LogP contribution >= 0.6 is 0 Å². The third-order valence-electron chi connectivity index (χ3n) is 4.68. The Hall–Kier alpha value is -0.330. The maximum atomic E-state index is 13.7. The molecule has 0 saturated heterocycles. The molecule has 0 spiro atoms. The number of halogens is 1. The molecule has 0 heterocycles. The summed E-state index contributed by atoms with van der Waals surface area (Å²) in [7, 11) is 0. The summed E-state index contributed by atoms with van der Waals surface area (Å²) in [6, 6.07) is 0. The van der Waals surface area contributed by atoms with Crippen molar-refractivity contribution in [3.8, 4) is 0 Å². The van der Waals surface area contributed by atoms with Crippen molar-refractivity contribution < 1.29 is 4.39 Å². The first-order valence-corrected chi connectivity index (χ1v) is 7.70. The molecule has 1 saturated carbocycles. The van der Waals surface area contributed by atoms with Crippen LogP contribution in [0.25, 0.3) is 0 Å². The van der Waals surface area contributed by atoms with Crippen LogP contribution in [-0.2, 0) is 0 Å². The van der Waals surface area contributed by atoms with Gasteiger partial charge in [-0.15, -0.1) is 6.58 Å². The van der Waals surface area contributed by atoms with Gasteiger partial charge in [0.2, 0.25) is 0 Å². The SMILES string of the molecule is C=C(C)CCCCC1C(C)C[C@H](F)CC1C(C)C. The molecule has 0 aromatic rings. The fraction of sp³-hybridized carbons (Fsp3) is 0.882. The van der Waals surface area contributed by atoms with Crippen molar-refractivity contribution in [2.24, 2.45) is 23.7 Å². The second-order valence-corrected chi connectivity index (χ2v) is 6.82. The van der Waals surface area contributed by atoms with Crippen LogP contribution in [0.5, 0.6) is 0 Å². The Morgan fingerprint density at radius 1 is 1.28 bits per heavy atom. The van der Waals surface area contributed by atoms with E-state index in [0.717, 1.165) is 25.2 Å². The fourth-order valence-electron chi connectivity index (χ4n) is 3.64. The summed E-state index contributed by atoms with van der Waals surface area (Å²) in [4.78, 5) is 0. The summed E-state index contributed by atoms with van der Waals surface area (Å²) < 4.78 is 13.7. The number of allylic oxidation sites excluding steroid dienone is 1. The summed E-state index contributed by atoms with van der Waals surface area (Å²) >= 11 is 0. The summed E-state index contributed by atoms with van der Waals surface area (Å²) in [5.41, 5.74) is 1.29. The normalized spacial score (nSPS) is 32.8. The molecule has 0 N–H and O–H groups in total. The molecule has 0 radical (unpaired) electrons. The van der Waals surface area contributed by atoms with Crippen LogP contribution in [0.4, 0.5) is 4.39 Å². The maximum absolute atomic E-state index is 13.7. The molecule has 0 aromatic carbocycles. The van der Waals surface area contributed by atoms with E-state index in [9.17, 15) is 4.39 Å². The zero-order valence-electron chi connectivity index (χ0n) is 12.7. The number of unbranched alkanes of at least 4 members (excludes halogenated alkanes) is 1. The Balaban J connectivity index is 2.45. The molecule has 4 atom stereocenters. The van der Waals surface area contributed by atoms with Crippen LogP contribution in [0.3, 0.4) is 0 Å². The van der Waals surface area contributed by atoms with Gasteiger partial charge in [0.15, 0.2) is 0 Å². The quantitative estimate of drug-likeness (QED) is 0.416. The summed E-state index contributed by atoms with van der Waals surface area (Å²) in [5.74, 6) is 2.51. The van der Waals surface area contributed by atoms with Crippen molar-refractivity contribution in [3.05, 3.63) is 12.2 Å². The van der Waals surface area contributed by atoms with Crippen molar-refractivity contribution >= 4 is 0 Å². The molecule has 0 bridgehead atoms. The number of hydrogen-bond donors (Lipinski definition) is 0. The van der Waals surface area contributed by atoms with Crippen molar-refractivity contribution in [2.45, 2.75) is 72.4 Å². The third kappa shape index (κ3) is 4.74. The highest BCUT2D eigenvalue weighted by Crippen LogP contribution is 2.42. The molecule has 0 aromatic heterocycles. The van der Waals surface area contributed by atoms with Gasteiger partial charge in [0.25, 0.3) is 0 Å². The average Bonchev–Trinajstić information content (AvgIpc) is 2.25. The molecule has 1 fully saturated rings. The molecule has 0 aliphatic heterocycles. The van der Waals surface area contributed by atoms with Gasteiger partial charge in [-0.05, 0) is 62.7 Å². The second-order valence-electron chi connectivity index (χ2n) is 6.82. The molecular formula is C17H31F. The molecule has 106 valence electrons. The highest BCUT2D eigenvalue weighted by atomic mass is 19.1. The van der Waals surface area contributed by atoms with E-state index >= 15 is 0 Å². The minimum atomic E-state index is -0.556. The van der Waals surface area contributed by atoms with E-state index in [1.165, 1.54) is 24.8 Å². The Morgan fingerprint density at radius 2 is 1.94 bits per heavy atom. The first-order valence-electron chi connectivity index (χ1n) is 7.70. The van der Waals surface area contributed by atoms with Gasteiger partial charge in [-0.3, -0.25) is 0 Å². The van der Waals surface area contributed by atoms with E-state index in [1.54, 1.807) is 0 Å². The monoisotopic (exact) mass is 254 g/mol. The number of alkyl halides is 1. The van der Waals surface area contributed by atoms with Crippen LogP contribution in [-0.4, -0.2) is 6.17 Å². The lowest BCUT2D eigenvalue weighted by Gasteiger charge is -2.40. The third-order valence-corrected chi connectivity index (χ3v) is 4.68. The lowest BCUT2D eigenvalue weighted by Crippen LogP contribution is -2.35. The molecule has 18 heavy (non-hydrogen) atoms. The van der Waals surface area contributed by atoms with Crippen LogP contribution < -0.4 is 0 Å². The number of rotatable bonds is 6. The highest BCUT2D eigenvalue weighted by molar-refractivity contribution is 4.88. The zero-order valence-corrected chi connectivity index (χ0v) is 12.7. The van der Waals surface area contributed by atoms with Crippen molar-refractivity contribution in [3.63, 3.8) is 0 Å². The lowest BCUT2D eigenvalue weighted by molar-refractivity contribution is 0.0546. The molecule has 3 unspecified atom stereocenters. The summed E-state index contributed by atoms with van der Waals surface area (Å²) in [5, 5.41) is 0. The van der Waals surface area contributed by atoms with Crippen LogP contribution in [0.15, 0.2) is 12.2 Å². The predicted octanol–water partition coefficient (Wildman–Crippen LogP) is 5.78. The molecular weight excluding hydrogens is 223 g/mol. The van der Waals surface area contributed by atoms with E-state index < -0.39 is 6.17 Å². The Morgan fingerprint density at radius 3 is 2.50 bits per heavy atom. The lowest BCUT2D eigenvalue weighted by atomic mass is 9.66. The predicted molar refractivity (Wildman–Crippen MR) is 78.4 cm³/mol. The molecule has 1 aliphatic rings. The second kappa shape index (κ2) is 7.31. The molecule has 1 aliphatic carbocycles. The standard InChI is InChI=1S/C17H31F/c1-12(2)8-6-7-9-16-14(5)10-15(18)11-17(16)13(3)4/h13-17H,1,6-11H2,2-5H3/t14?,15-,16?,17?/m0/s1. The topological polar surface area (TPSA) is 0 Å². The van der Waals surface area contributed by atoms with Crippen LogP contribution in [0.1, 0.15) is 66.2 Å². The van der Waals surface area contributed by atoms with Crippen LogP contribution in [0.2, 0.25) is 0 Å². The smallest absolute Gasteiger partial charge is 0.101 e. The van der Waals surface area contributed by atoms with Gasteiger partial charge in [0, 0.05) is 0 Å². The fourth-order valence-corrected chi connectivity index (χ4v) is 3.64. The zero-order chi connectivity index (χ0) is 13.7. The van der Waals surface area contributed by atoms with E-state index in [-0.39, 0.29) is 0 Å². The van der Waals surface area contributed by atoms with Gasteiger partial charge in [0.1, 0.15) is 6.17 Å². The molecule has 1 heteroatoms. The van der Waals surface area contributed by atoms with Crippen molar-refractivity contribution in [1.82, 2.24) is 0 Å². The van der Waals surface area contributed by atoms with E-state index in [2.05, 4.69) is 34.3 Å². The van der Waals surface area contributed by atoms with Crippen molar-refractivity contribution in [2.75, 3.05) is 0 Å². The Labute approximate surface area is 113 Å². The van der Waals surface area contributed by atoms with Gasteiger partial charge >= 0.3 is 0 Å². The van der Waals surface area contributed by atoms with E-state index in [0.29, 0.717) is 17.8 Å². The Bertz CT molecular complexity index is 256. The summed E-state index contributed by atoms with van der Waals surface area (Å²) in [6.45, 7) is 12.8. The Kier molecular flexibility index (Phi) is 6.38. The minimum absolute atomic E-state index is 0.556. The van der Waals surface area contributed by atoms with Gasteiger partial charge in [-0.1, -0.05) is 32.8 Å². The number of hydrogen-bond acceptors (Lipinski definition) is 0. The largest absolute Gasteiger partial charge is 0.247 e. The van der Waals surface area contributed by atoms with Gasteiger partial charge in [-0.2, -0.15) is 0 Å². The maximum Gasteiger partial charge on any atom is 0.101 e. The summed E-state index contributed by atoms with van der Waals surface area (Å²) in [6.07, 6.45) is 5.99. The minimum Gasteiger partial charge on any atom is -0.247 e. The highest BCUT2D eigenvalue weighted by Gasteiger charge is 2.36. The van der Waals surface area contributed by atoms with Gasteiger partial charge < -0.3 is 0 Å². The van der Waals surface area contributed by atoms with E-state index in [4.69, 9.17) is 0 Å². The molecule has 0 nitrogen and oxygen atoms in total. The van der Waals surface area contributed by atoms with Crippen molar-refractivity contribution in [1.29, 1.82) is 0 Å². The van der Waals surface area contributed by atoms with Gasteiger partial charge in [0.05, 0.1) is 0 Å². The first kappa shape index (κ1) is 15.7. The molecule has 0 amide bonds. The first-order chi connectivity index (χ1) is 8.41. The van der Waals surface area contributed by atoms with Gasteiger partial charge in [-0.25, -0.2) is 4.39 Å². The van der Waals surface area contributed by atoms with Crippen LogP contribution in [0, 0.1) is 23.7 Å². The van der Waals surface area contributed by atoms with E-state index in [1.807, 2.05) is 0 Å². The average molecular weight is 254 g/mol. The molecule has 1 rings (SSSR count).